The van der Waals surface area contributed by atoms with Crippen molar-refractivity contribution in [2.45, 2.75) is 26.7 Å². The molecule has 1 unspecified atom stereocenters. The normalized spacial score (nSPS) is 15.1. The van der Waals surface area contributed by atoms with E-state index in [1.165, 1.54) is 18.3 Å². The van der Waals surface area contributed by atoms with Crippen LogP contribution in [0.25, 0.3) is 0 Å². The fourth-order valence-electron chi connectivity index (χ4n) is 3.70. The standard InChI is InChI=1S/C24H24N6O4S/c1-3-20-28-29-24(35-20)27-23(34)18-6-4-5-7-19(18)26-22(33)15-12-21(32)30(13-15)17-10-8-16(9-11-17)25-14(2)31/h4-11,15H,3,12-13H2,1-2H3,(H,25,31)(H,26,33)(H,27,29,34). The fraction of sp³-hybridized carbons (Fsp3) is 0.250. The molecule has 1 aliphatic rings. The predicted molar refractivity (Wildman–Crippen MR) is 134 cm³/mol. The lowest BCUT2D eigenvalue weighted by Crippen LogP contribution is -2.28. The van der Waals surface area contributed by atoms with Crippen LogP contribution in [0.5, 0.6) is 0 Å². The largest absolute Gasteiger partial charge is 0.326 e. The van der Waals surface area contributed by atoms with Crippen molar-refractivity contribution in [3.63, 3.8) is 0 Å². The third kappa shape index (κ3) is 5.69. The van der Waals surface area contributed by atoms with Crippen molar-refractivity contribution in [2.24, 2.45) is 5.92 Å². The molecule has 4 rings (SSSR count). The molecule has 1 aromatic heterocycles. The zero-order valence-corrected chi connectivity index (χ0v) is 20.0. The maximum absolute atomic E-state index is 13.0. The number of carbonyl (C=O) groups excluding carboxylic acids is 4. The monoisotopic (exact) mass is 492 g/mol. The first-order valence-corrected chi connectivity index (χ1v) is 11.9. The Morgan fingerprint density at radius 3 is 2.46 bits per heavy atom. The van der Waals surface area contributed by atoms with Gasteiger partial charge in [0.1, 0.15) is 5.01 Å². The van der Waals surface area contributed by atoms with Crippen molar-refractivity contribution in [3.05, 3.63) is 59.1 Å². The SMILES string of the molecule is CCc1nnc(NC(=O)c2ccccc2NC(=O)C2CC(=O)N(c3ccc(NC(C)=O)cc3)C2)s1. The second kappa shape index (κ2) is 10.4. The average molecular weight is 493 g/mol. The van der Waals surface area contributed by atoms with Crippen LogP contribution in [0.15, 0.2) is 48.5 Å². The molecule has 0 spiro atoms. The van der Waals surface area contributed by atoms with Crippen LogP contribution in [0.4, 0.5) is 22.2 Å². The van der Waals surface area contributed by atoms with E-state index >= 15 is 0 Å². The van der Waals surface area contributed by atoms with Crippen LogP contribution in [0.1, 0.15) is 35.6 Å². The molecule has 11 heteroatoms. The minimum atomic E-state index is -0.580. The predicted octanol–water partition coefficient (Wildman–Crippen LogP) is 3.30. The highest BCUT2D eigenvalue weighted by Gasteiger charge is 2.35. The number of carbonyl (C=O) groups is 4. The molecule has 0 bridgehead atoms. The van der Waals surface area contributed by atoms with Gasteiger partial charge >= 0.3 is 0 Å². The van der Waals surface area contributed by atoms with Crippen molar-refractivity contribution < 1.29 is 19.2 Å². The summed E-state index contributed by atoms with van der Waals surface area (Å²) >= 11 is 1.29. The van der Waals surface area contributed by atoms with Crippen molar-refractivity contribution in [3.8, 4) is 0 Å². The van der Waals surface area contributed by atoms with Crippen molar-refractivity contribution in [2.75, 3.05) is 27.4 Å². The maximum Gasteiger partial charge on any atom is 0.259 e. The molecule has 0 saturated carbocycles. The number of nitrogens with one attached hydrogen (secondary N) is 3. The molecule has 0 radical (unpaired) electrons. The second-order valence-electron chi connectivity index (χ2n) is 7.98. The molecule has 1 atom stereocenters. The molecule has 180 valence electrons. The van der Waals surface area contributed by atoms with Gasteiger partial charge < -0.3 is 15.5 Å². The molecule has 10 nitrogen and oxygen atoms in total. The number of anilines is 4. The number of aryl methyl sites for hydroxylation is 1. The molecule has 2 heterocycles. The Hall–Kier alpha value is -4.12. The van der Waals surface area contributed by atoms with E-state index in [-0.39, 0.29) is 36.3 Å². The van der Waals surface area contributed by atoms with Gasteiger partial charge in [0.25, 0.3) is 5.91 Å². The molecular weight excluding hydrogens is 468 g/mol. The highest BCUT2D eigenvalue weighted by Crippen LogP contribution is 2.28. The molecule has 0 aliphatic carbocycles. The van der Waals surface area contributed by atoms with E-state index in [4.69, 9.17) is 0 Å². The van der Waals surface area contributed by atoms with Crippen LogP contribution >= 0.6 is 11.3 Å². The van der Waals surface area contributed by atoms with E-state index in [0.29, 0.717) is 22.2 Å². The summed E-state index contributed by atoms with van der Waals surface area (Å²) in [6, 6.07) is 13.5. The van der Waals surface area contributed by atoms with Crippen molar-refractivity contribution in [1.29, 1.82) is 0 Å². The smallest absolute Gasteiger partial charge is 0.259 e. The summed E-state index contributed by atoms with van der Waals surface area (Å²) < 4.78 is 0. The van der Waals surface area contributed by atoms with Gasteiger partial charge in [-0.25, -0.2) is 0 Å². The number of para-hydroxylation sites is 1. The van der Waals surface area contributed by atoms with Gasteiger partial charge in [0.05, 0.1) is 17.2 Å². The van der Waals surface area contributed by atoms with Crippen LogP contribution < -0.4 is 20.9 Å². The minimum absolute atomic E-state index is 0.0538. The summed E-state index contributed by atoms with van der Waals surface area (Å²) in [6.07, 6.45) is 0.773. The third-order valence-electron chi connectivity index (χ3n) is 5.41. The molecule has 4 amide bonds. The molecule has 2 aromatic carbocycles. The van der Waals surface area contributed by atoms with Crippen LogP contribution in [0.2, 0.25) is 0 Å². The molecule has 3 N–H and O–H groups in total. The van der Waals surface area contributed by atoms with Crippen LogP contribution in [0.3, 0.4) is 0 Å². The van der Waals surface area contributed by atoms with Crippen molar-refractivity contribution in [1.82, 2.24) is 10.2 Å². The van der Waals surface area contributed by atoms with Crippen LogP contribution in [-0.2, 0) is 20.8 Å². The molecule has 35 heavy (non-hydrogen) atoms. The van der Waals surface area contributed by atoms with E-state index in [0.717, 1.165) is 11.4 Å². The molecular formula is C24H24N6O4S. The van der Waals surface area contributed by atoms with Gasteiger partial charge in [-0.05, 0) is 42.8 Å². The van der Waals surface area contributed by atoms with E-state index in [9.17, 15) is 19.2 Å². The minimum Gasteiger partial charge on any atom is -0.326 e. The first kappa shape index (κ1) is 24.0. The number of amides is 4. The number of hydrogen-bond acceptors (Lipinski definition) is 7. The Labute approximate surface area is 205 Å². The molecule has 1 fully saturated rings. The topological polar surface area (TPSA) is 133 Å². The van der Waals surface area contributed by atoms with Crippen LogP contribution in [0, 0.1) is 5.92 Å². The number of hydrogen-bond donors (Lipinski definition) is 3. The quantitative estimate of drug-likeness (QED) is 0.463. The Morgan fingerprint density at radius 2 is 1.77 bits per heavy atom. The Kier molecular flexibility index (Phi) is 7.16. The molecule has 1 aliphatic heterocycles. The lowest BCUT2D eigenvalue weighted by atomic mass is 10.1. The molecule has 1 saturated heterocycles. The summed E-state index contributed by atoms with van der Waals surface area (Å²) in [6.45, 7) is 3.58. The second-order valence-corrected chi connectivity index (χ2v) is 9.04. The first-order valence-electron chi connectivity index (χ1n) is 11.1. The number of aromatic nitrogens is 2. The lowest BCUT2D eigenvalue weighted by molar-refractivity contribution is -0.122. The molecule has 3 aromatic rings. The number of rotatable bonds is 7. The summed E-state index contributed by atoms with van der Waals surface area (Å²) in [5.41, 5.74) is 1.89. The summed E-state index contributed by atoms with van der Waals surface area (Å²) in [7, 11) is 0. The highest BCUT2D eigenvalue weighted by molar-refractivity contribution is 7.15. The van der Waals surface area contributed by atoms with Gasteiger partial charge in [-0.2, -0.15) is 0 Å². The summed E-state index contributed by atoms with van der Waals surface area (Å²) in [5.74, 6) is -1.70. The Balaban J connectivity index is 1.42. The lowest BCUT2D eigenvalue weighted by Gasteiger charge is -2.17. The zero-order chi connectivity index (χ0) is 24.9. The van der Waals surface area contributed by atoms with Gasteiger partial charge in [0, 0.05) is 31.3 Å². The fourth-order valence-corrected chi connectivity index (χ4v) is 4.37. The average Bonchev–Trinajstić information content (AvgIpc) is 3.46. The van der Waals surface area contributed by atoms with Gasteiger partial charge in [0.15, 0.2) is 0 Å². The Morgan fingerprint density at radius 1 is 1.03 bits per heavy atom. The van der Waals surface area contributed by atoms with E-state index in [1.54, 1.807) is 53.4 Å². The third-order valence-corrected chi connectivity index (χ3v) is 6.40. The van der Waals surface area contributed by atoms with E-state index < -0.39 is 11.8 Å². The zero-order valence-electron chi connectivity index (χ0n) is 19.2. The first-order chi connectivity index (χ1) is 16.8. The van der Waals surface area contributed by atoms with E-state index in [2.05, 4.69) is 26.1 Å². The Bertz CT molecular complexity index is 1270. The van der Waals surface area contributed by atoms with Gasteiger partial charge in [-0.3, -0.25) is 24.5 Å². The van der Waals surface area contributed by atoms with E-state index in [1.807, 2.05) is 6.92 Å². The highest BCUT2D eigenvalue weighted by atomic mass is 32.1. The number of nitrogens with zero attached hydrogens (tertiary/aromatic N) is 3. The summed E-state index contributed by atoms with van der Waals surface area (Å²) in [4.78, 5) is 51.2. The van der Waals surface area contributed by atoms with Crippen LogP contribution in [-0.4, -0.2) is 40.4 Å². The van der Waals surface area contributed by atoms with Gasteiger partial charge in [-0.1, -0.05) is 30.4 Å². The maximum atomic E-state index is 13.0. The van der Waals surface area contributed by atoms with Crippen molar-refractivity contribution >= 4 is 57.2 Å². The summed E-state index contributed by atoms with van der Waals surface area (Å²) in [5, 5.41) is 17.3. The number of benzene rings is 2. The van der Waals surface area contributed by atoms with Gasteiger partial charge in [-0.15, -0.1) is 10.2 Å². The van der Waals surface area contributed by atoms with Gasteiger partial charge in [0.2, 0.25) is 22.9 Å².